The van der Waals surface area contributed by atoms with Crippen LogP contribution in [0.5, 0.6) is 0 Å². The molecular formula is C21H30N4OS. The van der Waals surface area contributed by atoms with Crippen molar-refractivity contribution in [3.63, 3.8) is 0 Å². The first-order valence-electron chi connectivity index (χ1n) is 9.95. The zero-order valence-corrected chi connectivity index (χ0v) is 17.9. The van der Waals surface area contributed by atoms with E-state index in [1.54, 1.807) is 6.33 Å². The van der Waals surface area contributed by atoms with Gasteiger partial charge in [-0.25, -0.2) is 9.97 Å². The maximum absolute atomic E-state index is 13.1. The second-order valence-electron chi connectivity index (χ2n) is 7.60. The van der Waals surface area contributed by atoms with Gasteiger partial charge in [0, 0.05) is 26.3 Å². The van der Waals surface area contributed by atoms with E-state index in [9.17, 15) is 4.79 Å². The lowest BCUT2D eigenvalue weighted by molar-refractivity contribution is 0.345. The first-order valence-corrected chi connectivity index (χ1v) is 10.8. The summed E-state index contributed by atoms with van der Waals surface area (Å²) >= 11 is 1.47. The van der Waals surface area contributed by atoms with Gasteiger partial charge in [-0.05, 0) is 25.3 Å². The van der Waals surface area contributed by atoms with Gasteiger partial charge in [-0.1, -0.05) is 39.5 Å². The Hall–Kier alpha value is -1.95. The second-order valence-corrected chi connectivity index (χ2v) is 8.60. The van der Waals surface area contributed by atoms with E-state index < -0.39 is 0 Å². The second kappa shape index (κ2) is 8.38. The standard InChI is InChI=1S/C18H22N4OS.C3H8/c1-11-9-19-17-13(15(11)21(2)3)14-16(24-17)18(23)22(10-20-14)12-7-5-4-6-8-12;1-3-2/h9-10,12H,4-8H2,1-3H3;3H2,1-2H3. The molecule has 0 atom stereocenters. The van der Waals surface area contributed by atoms with E-state index in [1.165, 1.54) is 37.0 Å². The SMILES string of the molecule is CCC.Cc1cnc2sc3c(=O)n(C4CCCCC4)cnc3c2c1N(C)C. The third-order valence-electron chi connectivity index (χ3n) is 5.01. The molecule has 0 aliphatic heterocycles. The van der Waals surface area contributed by atoms with Gasteiger partial charge in [0.15, 0.2) is 0 Å². The van der Waals surface area contributed by atoms with Crippen LogP contribution in [0.2, 0.25) is 0 Å². The normalized spacial score (nSPS) is 15.0. The average Bonchev–Trinajstić information content (AvgIpc) is 3.02. The molecule has 0 N–H and O–H groups in total. The van der Waals surface area contributed by atoms with Crippen molar-refractivity contribution >= 4 is 37.5 Å². The number of aromatic nitrogens is 3. The summed E-state index contributed by atoms with van der Waals surface area (Å²) in [4.78, 5) is 25.3. The smallest absolute Gasteiger partial charge is 0.271 e. The van der Waals surface area contributed by atoms with Gasteiger partial charge < -0.3 is 4.90 Å². The largest absolute Gasteiger partial charge is 0.377 e. The molecule has 0 saturated heterocycles. The monoisotopic (exact) mass is 386 g/mol. The Labute approximate surface area is 165 Å². The lowest BCUT2D eigenvalue weighted by Crippen LogP contribution is -2.26. The molecule has 3 heterocycles. The highest BCUT2D eigenvalue weighted by Gasteiger charge is 2.21. The van der Waals surface area contributed by atoms with Gasteiger partial charge in [0.1, 0.15) is 9.53 Å². The fraction of sp³-hybridized carbons (Fsp3) is 0.571. The number of nitrogens with zero attached hydrogens (tertiary/aromatic N) is 4. The van der Waals surface area contributed by atoms with Crippen molar-refractivity contribution in [3.8, 4) is 0 Å². The van der Waals surface area contributed by atoms with Crippen LogP contribution in [-0.2, 0) is 0 Å². The van der Waals surface area contributed by atoms with Crippen LogP contribution < -0.4 is 10.5 Å². The predicted octanol–water partition coefficient (Wildman–Crippen LogP) is 5.30. The molecule has 1 aliphatic rings. The van der Waals surface area contributed by atoms with Crippen molar-refractivity contribution in [2.24, 2.45) is 0 Å². The van der Waals surface area contributed by atoms with Crippen LogP contribution in [0.25, 0.3) is 20.4 Å². The zero-order valence-electron chi connectivity index (χ0n) is 17.1. The van der Waals surface area contributed by atoms with Gasteiger partial charge >= 0.3 is 0 Å². The summed E-state index contributed by atoms with van der Waals surface area (Å²) in [5, 5.41) is 1.01. The minimum atomic E-state index is 0.0947. The van der Waals surface area contributed by atoms with Gasteiger partial charge in [0.05, 0.1) is 22.9 Å². The summed E-state index contributed by atoms with van der Waals surface area (Å²) < 4.78 is 2.60. The maximum atomic E-state index is 13.1. The van der Waals surface area contributed by atoms with E-state index in [4.69, 9.17) is 4.98 Å². The molecular weight excluding hydrogens is 356 g/mol. The molecule has 0 amide bonds. The number of pyridine rings is 1. The highest BCUT2D eigenvalue weighted by molar-refractivity contribution is 7.25. The molecule has 0 spiro atoms. The van der Waals surface area contributed by atoms with Crippen LogP contribution in [0.3, 0.4) is 0 Å². The van der Waals surface area contributed by atoms with Crippen molar-refractivity contribution in [1.82, 2.24) is 14.5 Å². The summed E-state index contributed by atoms with van der Waals surface area (Å²) in [6.07, 6.45) is 10.7. The van der Waals surface area contributed by atoms with Crippen LogP contribution in [0, 0.1) is 6.92 Å². The lowest BCUT2D eigenvalue weighted by atomic mass is 9.95. The van der Waals surface area contributed by atoms with Crippen molar-refractivity contribution in [2.45, 2.75) is 65.3 Å². The van der Waals surface area contributed by atoms with E-state index in [-0.39, 0.29) is 5.56 Å². The van der Waals surface area contributed by atoms with Gasteiger partial charge in [-0.2, -0.15) is 0 Å². The van der Waals surface area contributed by atoms with Crippen molar-refractivity contribution < 1.29 is 0 Å². The Morgan fingerprint density at radius 2 is 1.85 bits per heavy atom. The van der Waals surface area contributed by atoms with Crippen LogP contribution in [0.4, 0.5) is 5.69 Å². The van der Waals surface area contributed by atoms with E-state index in [0.717, 1.165) is 44.5 Å². The van der Waals surface area contributed by atoms with Crippen molar-refractivity contribution in [3.05, 3.63) is 28.4 Å². The molecule has 3 aromatic heterocycles. The molecule has 27 heavy (non-hydrogen) atoms. The molecule has 0 aromatic carbocycles. The summed E-state index contributed by atoms with van der Waals surface area (Å²) in [5.74, 6) is 0. The van der Waals surface area contributed by atoms with Gasteiger partial charge in [0.25, 0.3) is 5.56 Å². The third kappa shape index (κ3) is 3.72. The first kappa shape index (κ1) is 19.8. The first-order chi connectivity index (χ1) is 13.0. The predicted molar refractivity (Wildman–Crippen MR) is 116 cm³/mol. The van der Waals surface area contributed by atoms with E-state index in [1.807, 2.05) is 24.9 Å². The van der Waals surface area contributed by atoms with Crippen LogP contribution in [-0.4, -0.2) is 28.6 Å². The molecule has 146 valence electrons. The molecule has 0 unspecified atom stereocenters. The van der Waals surface area contributed by atoms with Crippen LogP contribution >= 0.6 is 11.3 Å². The summed E-state index contributed by atoms with van der Waals surface area (Å²) in [6.45, 7) is 6.30. The summed E-state index contributed by atoms with van der Waals surface area (Å²) in [7, 11) is 4.04. The average molecular weight is 387 g/mol. The quantitative estimate of drug-likeness (QED) is 0.599. The molecule has 0 bridgehead atoms. The molecule has 1 aliphatic carbocycles. The fourth-order valence-corrected chi connectivity index (χ4v) is 4.92. The van der Waals surface area contributed by atoms with E-state index >= 15 is 0 Å². The topological polar surface area (TPSA) is 51.0 Å². The molecule has 0 radical (unpaired) electrons. The molecule has 6 heteroatoms. The van der Waals surface area contributed by atoms with Crippen molar-refractivity contribution in [2.75, 3.05) is 19.0 Å². The number of anilines is 1. The van der Waals surface area contributed by atoms with Gasteiger partial charge in [0.2, 0.25) is 0 Å². The number of thiophene rings is 1. The minimum absolute atomic E-state index is 0.0947. The highest BCUT2D eigenvalue weighted by atomic mass is 32.1. The Morgan fingerprint density at radius 1 is 1.19 bits per heavy atom. The van der Waals surface area contributed by atoms with Gasteiger partial charge in [-0.3, -0.25) is 9.36 Å². The van der Waals surface area contributed by atoms with E-state index in [2.05, 4.69) is 30.7 Å². The highest BCUT2D eigenvalue weighted by Crippen LogP contribution is 2.37. The van der Waals surface area contributed by atoms with Gasteiger partial charge in [-0.15, -0.1) is 11.3 Å². The third-order valence-corrected chi connectivity index (χ3v) is 6.08. The Balaban J connectivity index is 0.000000659. The summed E-state index contributed by atoms with van der Waals surface area (Å²) in [6, 6.07) is 0.302. The maximum Gasteiger partial charge on any atom is 0.271 e. The number of hydrogen-bond donors (Lipinski definition) is 0. The molecule has 3 aromatic rings. The molecule has 5 nitrogen and oxygen atoms in total. The fourth-order valence-electron chi connectivity index (χ4n) is 3.88. The number of fused-ring (bicyclic) bond motifs is 3. The Kier molecular flexibility index (Phi) is 6.15. The van der Waals surface area contributed by atoms with Crippen LogP contribution in [0.15, 0.2) is 17.3 Å². The summed E-state index contributed by atoms with van der Waals surface area (Å²) in [5.41, 5.74) is 3.10. The number of hydrogen-bond acceptors (Lipinski definition) is 5. The molecule has 1 saturated carbocycles. The van der Waals surface area contributed by atoms with E-state index in [0.29, 0.717) is 6.04 Å². The molecule has 4 rings (SSSR count). The minimum Gasteiger partial charge on any atom is -0.377 e. The van der Waals surface area contributed by atoms with Crippen LogP contribution in [0.1, 0.15) is 64.0 Å². The number of rotatable bonds is 2. The van der Waals surface area contributed by atoms with Crippen molar-refractivity contribution in [1.29, 1.82) is 0 Å². The Bertz CT molecular complexity index is 983. The lowest BCUT2D eigenvalue weighted by Gasteiger charge is -2.23. The molecule has 1 fully saturated rings. The number of aryl methyl sites for hydroxylation is 1. The zero-order chi connectivity index (χ0) is 19.6. The Morgan fingerprint density at radius 3 is 2.48 bits per heavy atom.